The minimum Gasteiger partial charge on any atom is -0.507 e. The number of aliphatic imine (C=N–C) groups is 1. The van der Waals surface area contributed by atoms with E-state index >= 15 is 0 Å². The molecule has 0 aliphatic rings. The number of methoxy groups -OCH3 is 2. The molecule has 0 saturated heterocycles. The third kappa shape index (κ3) is 3.98. The van der Waals surface area contributed by atoms with E-state index in [-0.39, 0.29) is 5.75 Å². The van der Waals surface area contributed by atoms with Crippen molar-refractivity contribution in [2.24, 2.45) is 4.99 Å². The highest BCUT2D eigenvalue weighted by molar-refractivity contribution is 9.10. The molecule has 0 aliphatic carbocycles. The fourth-order valence-corrected chi connectivity index (χ4v) is 2.26. The molecule has 4 nitrogen and oxygen atoms in total. The zero-order valence-electron chi connectivity index (χ0n) is 11.8. The fraction of sp³-hybridized carbons (Fsp3) is 0.188. The number of ether oxygens (including phenoxy) is 2. The van der Waals surface area contributed by atoms with Crippen LogP contribution in [0.5, 0.6) is 17.2 Å². The van der Waals surface area contributed by atoms with Gasteiger partial charge in [0.2, 0.25) is 0 Å². The van der Waals surface area contributed by atoms with Gasteiger partial charge in [0.1, 0.15) is 17.2 Å². The van der Waals surface area contributed by atoms with Crippen molar-refractivity contribution in [2.75, 3.05) is 14.2 Å². The van der Waals surface area contributed by atoms with Gasteiger partial charge in [-0.15, -0.1) is 0 Å². The molecule has 110 valence electrons. The molecule has 0 spiro atoms. The molecule has 21 heavy (non-hydrogen) atoms. The number of nitrogens with zero attached hydrogens (tertiary/aromatic N) is 1. The molecule has 2 aromatic carbocycles. The lowest BCUT2D eigenvalue weighted by Gasteiger charge is -2.08. The van der Waals surface area contributed by atoms with Crippen LogP contribution in [0.3, 0.4) is 0 Å². The van der Waals surface area contributed by atoms with Gasteiger partial charge in [-0.1, -0.05) is 15.9 Å². The summed E-state index contributed by atoms with van der Waals surface area (Å²) in [6, 6.07) is 10.8. The molecule has 2 rings (SSSR count). The van der Waals surface area contributed by atoms with Crippen LogP contribution in [0.2, 0.25) is 0 Å². The Hall–Kier alpha value is -2.01. The first-order valence-corrected chi connectivity index (χ1v) is 7.12. The largest absolute Gasteiger partial charge is 0.507 e. The third-order valence-corrected chi connectivity index (χ3v) is 3.46. The van der Waals surface area contributed by atoms with Crippen LogP contribution in [0.25, 0.3) is 0 Å². The van der Waals surface area contributed by atoms with Crippen LogP contribution in [-0.2, 0) is 6.54 Å². The SMILES string of the molecule is COc1ccc(OC)c(CN=Cc2cc(Br)ccc2O)c1. The Balaban J connectivity index is 2.18. The number of phenolic OH excluding ortho intramolecular Hbond substituents is 1. The van der Waals surface area contributed by atoms with Gasteiger partial charge in [-0.25, -0.2) is 0 Å². The standard InChI is InChI=1S/C16H16BrNO3/c1-20-14-4-6-16(21-2)12(8-14)10-18-9-11-7-13(17)3-5-15(11)19/h3-9,19H,10H2,1-2H3. The lowest BCUT2D eigenvalue weighted by atomic mass is 10.2. The maximum absolute atomic E-state index is 9.76. The normalized spacial score (nSPS) is 10.8. The van der Waals surface area contributed by atoms with Crippen molar-refractivity contribution in [3.05, 3.63) is 52.0 Å². The number of rotatable bonds is 5. The monoisotopic (exact) mass is 349 g/mol. The lowest BCUT2D eigenvalue weighted by Crippen LogP contribution is -1.93. The van der Waals surface area contributed by atoms with Gasteiger partial charge in [0.15, 0.2) is 0 Å². The third-order valence-electron chi connectivity index (χ3n) is 2.97. The fourth-order valence-electron chi connectivity index (χ4n) is 1.88. The second kappa shape index (κ2) is 7.13. The topological polar surface area (TPSA) is 51.0 Å². The van der Waals surface area contributed by atoms with E-state index in [2.05, 4.69) is 20.9 Å². The van der Waals surface area contributed by atoms with E-state index in [4.69, 9.17) is 9.47 Å². The maximum atomic E-state index is 9.76. The van der Waals surface area contributed by atoms with Gasteiger partial charge in [0.25, 0.3) is 0 Å². The summed E-state index contributed by atoms with van der Waals surface area (Å²) in [5.41, 5.74) is 1.58. The van der Waals surface area contributed by atoms with Crippen molar-refractivity contribution >= 4 is 22.1 Å². The first-order chi connectivity index (χ1) is 10.1. The summed E-state index contributed by atoms with van der Waals surface area (Å²) >= 11 is 3.37. The van der Waals surface area contributed by atoms with Crippen LogP contribution in [0.15, 0.2) is 45.9 Å². The number of hydrogen-bond donors (Lipinski definition) is 1. The number of benzene rings is 2. The van der Waals surface area contributed by atoms with Crippen molar-refractivity contribution in [3.63, 3.8) is 0 Å². The zero-order chi connectivity index (χ0) is 15.2. The molecular weight excluding hydrogens is 334 g/mol. The highest BCUT2D eigenvalue weighted by atomic mass is 79.9. The van der Waals surface area contributed by atoms with Crippen LogP contribution in [-0.4, -0.2) is 25.5 Å². The molecule has 0 amide bonds. The molecule has 0 aliphatic heterocycles. The number of halogens is 1. The molecule has 0 atom stereocenters. The van der Waals surface area contributed by atoms with Crippen molar-refractivity contribution < 1.29 is 14.6 Å². The van der Waals surface area contributed by atoms with E-state index in [9.17, 15) is 5.11 Å². The summed E-state index contributed by atoms with van der Waals surface area (Å²) in [6.07, 6.45) is 1.64. The summed E-state index contributed by atoms with van der Waals surface area (Å²) in [5.74, 6) is 1.71. The van der Waals surface area contributed by atoms with Gasteiger partial charge in [0, 0.05) is 21.8 Å². The molecule has 1 N–H and O–H groups in total. The van der Waals surface area contributed by atoms with Crippen LogP contribution >= 0.6 is 15.9 Å². The molecule has 0 unspecified atom stereocenters. The summed E-state index contributed by atoms with van der Waals surface area (Å²) in [5, 5.41) is 9.76. The average molecular weight is 350 g/mol. The van der Waals surface area contributed by atoms with E-state index in [1.807, 2.05) is 24.3 Å². The molecule has 5 heteroatoms. The van der Waals surface area contributed by atoms with E-state index in [1.54, 1.807) is 32.6 Å². The Labute approximate surface area is 132 Å². The first kappa shape index (κ1) is 15.4. The number of hydrogen-bond acceptors (Lipinski definition) is 4. The van der Waals surface area contributed by atoms with Gasteiger partial charge in [-0.3, -0.25) is 4.99 Å². The minimum atomic E-state index is 0.194. The molecule has 0 fully saturated rings. The summed E-state index contributed by atoms with van der Waals surface area (Å²) in [6.45, 7) is 0.437. The zero-order valence-corrected chi connectivity index (χ0v) is 13.4. The van der Waals surface area contributed by atoms with Gasteiger partial charge in [-0.05, 0) is 36.4 Å². The molecule has 0 bridgehead atoms. The first-order valence-electron chi connectivity index (χ1n) is 6.33. The van der Waals surface area contributed by atoms with E-state index in [0.29, 0.717) is 12.1 Å². The van der Waals surface area contributed by atoms with Crippen LogP contribution in [0, 0.1) is 0 Å². The van der Waals surface area contributed by atoms with Crippen molar-refractivity contribution in [2.45, 2.75) is 6.54 Å². The molecule has 0 radical (unpaired) electrons. The maximum Gasteiger partial charge on any atom is 0.124 e. The molecule has 0 heterocycles. The highest BCUT2D eigenvalue weighted by Gasteiger charge is 2.04. The van der Waals surface area contributed by atoms with Crippen molar-refractivity contribution in [3.8, 4) is 17.2 Å². The van der Waals surface area contributed by atoms with Crippen LogP contribution < -0.4 is 9.47 Å². The Bertz CT molecular complexity index is 656. The smallest absolute Gasteiger partial charge is 0.124 e. The van der Waals surface area contributed by atoms with Crippen molar-refractivity contribution in [1.82, 2.24) is 0 Å². The summed E-state index contributed by atoms with van der Waals surface area (Å²) in [4.78, 5) is 4.36. The summed E-state index contributed by atoms with van der Waals surface area (Å²) < 4.78 is 11.4. The number of aromatic hydroxyl groups is 1. The van der Waals surface area contributed by atoms with E-state index in [1.165, 1.54) is 0 Å². The van der Waals surface area contributed by atoms with Gasteiger partial charge in [0.05, 0.1) is 20.8 Å². The Morgan fingerprint density at radius 1 is 1.14 bits per heavy atom. The van der Waals surface area contributed by atoms with Gasteiger partial charge >= 0.3 is 0 Å². The highest BCUT2D eigenvalue weighted by Crippen LogP contribution is 2.25. The predicted molar refractivity (Wildman–Crippen MR) is 86.7 cm³/mol. The molecule has 2 aromatic rings. The minimum absolute atomic E-state index is 0.194. The predicted octanol–water partition coefficient (Wildman–Crippen LogP) is 3.79. The Morgan fingerprint density at radius 3 is 2.67 bits per heavy atom. The Morgan fingerprint density at radius 2 is 1.95 bits per heavy atom. The average Bonchev–Trinajstić information content (AvgIpc) is 2.50. The molecule has 0 saturated carbocycles. The van der Waals surface area contributed by atoms with Crippen LogP contribution in [0.4, 0.5) is 0 Å². The summed E-state index contributed by atoms with van der Waals surface area (Å²) in [7, 11) is 3.24. The van der Waals surface area contributed by atoms with E-state index in [0.717, 1.165) is 21.5 Å². The lowest BCUT2D eigenvalue weighted by molar-refractivity contribution is 0.399. The van der Waals surface area contributed by atoms with Gasteiger partial charge < -0.3 is 14.6 Å². The molecular formula is C16H16BrNO3. The van der Waals surface area contributed by atoms with Crippen molar-refractivity contribution in [1.29, 1.82) is 0 Å². The van der Waals surface area contributed by atoms with E-state index < -0.39 is 0 Å². The number of phenols is 1. The second-order valence-electron chi connectivity index (χ2n) is 4.35. The Kier molecular flexibility index (Phi) is 5.22. The quantitative estimate of drug-likeness (QED) is 0.835. The molecule has 0 aromatic heterocycles. The van der Waals surface area contributed by atoms with Gasteiger partial charge in [-0.2, -0.15) is 0 Å². The van der Waals surface area contributed by atoms with Crippen LogP contribution in [0.1, 0.15) is 11.1 Å². The second-order valence-corrected chi connectivity index (χ2v) is 5.27.